The lowest BCUT2D eigenvalue weighted by Gasteiger charge is -2.10. The van der Waals surface area contributed by atoms with E-state index >= 15 is 0 Å². The minimum atomic E-state index is 0.740. The van der Waals surface area contributed by atoms with Gasteiger partial charge >= 0.3 is 0 Å². The van der Waals surface area contributed by atoms with Gasteiger partial charge in [-0.3, -0.25) is 0 Å². The van der Waals surface area contributed by atoms with Crippen molar-refractivity contribution in [3.05, 3.63) is 0 Å². The van der Waals surface area contributed by atoms with Gasteiger partial charge in [0.25, 0.3) is 0 Å². The molecular formula is C10H22N2. The molecule has 1 aliphatic carbocycles. The second kappa shape index (κ2) is 4.83. The van der Waals surface area contributed by atoms with Crippen molar-refractivity contribution in [2.24, 2.45) is 23.5 Å². The summed E-state index contributed by atoms with van der Waals surface area (Å²) in [6.45, 7) is 7.77. The molecule has 0 aromatic carbocycles. The molecule has 0 aromatic rings. The second-order valence-corrected chi connectivity index (χ2v) is 4.31. The largest absolute Gasteiger partial charge is 0.330 e. The highest BCUT2D eigenvalue weighted by molar-refractivity contribution is 4.84. The van der Waals surface area contributed by atoms with Gasteiger partial charge in [-0.25, -0.2) is 0 Å². The van der Waals surface area contributed by atoms with E-state index in [1.165, 1.54) is 13.0 Å². The van der Waals surface area contributed by atoms with Crippen LogP contribution in [0.15, 0.2) is 0 Å². The molecule has 0 aliphatic heterocycles. The van der Waals surface area contributed by atoms with E-state index in [9.17, 15) is 0 Å². The normalized spacial score (nSPS) is 30.2. The highest BCUT2D eigenvalue weighted by Gasteiger charge is 2.31. The number of nitrogens with one attached hydrogen (secondary N) is 1. The van der Waals surface area contributed by atoms with Crippen molar-refractivity contribution >= 4 is 0 Å². The van der Waals surface area contributed by atoms with E-state index in [-0.39, 0.29) is 0 Å². The summed E-state index contributed by atoms with van der Waals surface area (Å²) in [7, 11) is 0. The summed E-state index contributed by atoms with van der Waals surface area (Å²) in [6, 6.07) is 0. The summed E-state index contributed by atoms with van der Waals surface area (Å²) < 4.78 is 0. The lowest BCUT2D eigenvalue weighted by molar-refractivity contribution is 0.475. The van der Waals surface area contributed by atoms with Crippen molar-refractivity contribution in [1.29, 1.82) is 0 Å². The Kier molecular flexibility index (Phi) is 4.02. The Morgan fingerprint density at radius 1 is 1.58 bits per heavy atom. The molecule has 72 valence electrons. The molecule has 2 heteroatoms. The predicted molar refractivity (Wildman–Crippen MR) is 53.0 cm³/mol. The molecule has 12 heavy (non-hydrogen) atoms. The molecule has 3 N–H and O–H groups in total. The maximum Gasteiger partial charge on any atom is -0.00178 e. The SMILES string of the molecule is CC(CCN)CNCC1CC1C. The molecule has 2 nitrogen and oxygen atoms in total. The van der Waals surface area contributed by atoms with Crippen molar-refractivity contribution in [3.63, 3.8) is 0 Å². The Labute approximate surface area is 75.9 Å². The van der Waals surface area contributed by atoms with Crippen molar-refractivity contribution in [2.45, 2.75) is 26.7 Å². The lowest BCUT2D eigenvalue weighted by Crippen LogP contribution is -2.25. The van der Waals surface area contributed by atoms with Crippen LogP contribution in [0.3, 0.4) is 0 Å². The van der Waals surface area contributed by atoms with E-state index in [1.807, 2.05) is 0 Å². The van der Waals surface area contributed by atoms with E-state index in [0.717, 1.165) is 37.3 Å². The van der Waals surface area contributed by atoms with E-state index < -0.39 is 0 Å². The molecule has 0 heterocycles. The first-order chi connectivity index (χ1) is 5.74. The number of hydrogen-bond donors (Lipinski definition) is 2. The molecule has 1 rings (SSSR count). The third kappa shape index (κ3) is 3.55. The monoisotopic (exact) mass is 170 g/mol. The van der Waals surface area contributed by atoms with Crippen molar-refractivity contribution < 1.29 is 0 Å². The number of rotatable bonds is 6. The van der Waals surface area contributed by atoms with Gasteiger partial charge in [0.05, 0.1) is 0 Å². The number of nitrogens with two attached hydrogens (primary N) is 1. The van der Waals surface area contributed by atoms with Crippen LogP contribution < -0.4 is 11.1 Å². The van der Waals surface area contributed by atoms with Crippen LogP contribution >= 0.6 is 0 Å². The fourth-order valence-corrected chi connectivity index (χ4v) is 1.59. The minimum Gasteiger partial charge on any atom is -0.330 e. The Bertz CT molecular complexity index is 125. The van der Waals surface area contributed by atoms with Gasteiger partial charge in [0.1, 0.15) is 0 Å². The van der Waals surface area contributed by atoms with Crippen LogP contribution in [0.4, 0.5) is 0 Å². The minimum absolute atomic E-state index is 0.740. The van der Waals surface area contributed by atoms with Crippen LogP contribution in [0, 0.1) is 17.8 Å². The van der Waals surface area contributed by atoms with Gasteiger partial charge in [-0.05, 0) is 50.2 Å². The molecule has 3 unspecified atom stereocenters. The van der Waals surface area contributed by atoms with E-state index in [2.05, 4.69) is 19.2 Å². The molecule has 0 saturated heterocycles. The first-order valence-electron chi connectivity index (χ1n) is 5.14. The Morgan fingerprint density at radius 3 is 2.75 bits per heavy atom. The van der Waals surface area contributed by atoms with E-state index in [0.29, 0.717) is 0 Å². The van der Waals surface area contributed by atoms with Crippen LogP contribution in [0.1, 0.15) is 26.7 Å². The summed E-state index contributed by atoms with van der Waals surface area (Å²) in [4.78, 5) is 0. The maximum absolute atomic E-state index is 5.47. The highest BCUT2D eigenvalue weighted by Crippen LogP contribution is 2.36. The zero-order valence-corrected chi connectivity index (χ0v) is 8.34. The summed E-state index contributed by atoms with van der Waals surface area (Å²) in [5.74, 6) is 2.68. The molecule has 1 aliphatic rings. The fraction of sp³-hybridized carbons (Fsp3) is 1.00. The maximum atomic E-state index is 5.47. The summed E-state index contributed by atoms with van der Waals surface area (Å²) in [5.41, 5.74) is 5.47. The van der Waals surface area contributed by atoms with Crippen LogP contribution in [0.2, 0.25) is 0 Å². The highest BCUT2D eigenvalue weighted by atomic mass is 14.9. The topological polar surface area (TPSA) is 38.0 Å². The first kappa shape index (κ1) is 10.0. The van der Waals surface area contributed by atoms with E-state index in [4.69, 9.17) is 5.73 Å². The van der Waals surface area contributed by atoms with Gasteiger partial charge in [0.2, 0.25) is 0 Å². The molecule has 0 amide bonds. The molecule has 0 bridgehead atoms. The Morgan fingerprint density at radius 2 is 2.25 bits per heavy atom. The quantitative estimate of drug-likeness (QED) is 0.629. The van der Waals surface area contributed by atoms with Gasteiger partial charge < -0.3 is 11.1 Å². The molecule has 0 spiro atoms. The summed E-state index contributed by atoms with van der Waals surface area (Å²) in [6.07, 6.45) is 2.57. The zero-order chi connectivity index (χ0) is 8.97. The average molecular weight is 170 g/mol. The number of hydrogen-bond acceptors (Lipinski definition) is 2. The average Bonchev–Trinajstić information content (AvgIpc) is 2.67. The predicted octanol–water partition coefficient (Wildman–Crippen LogP) is 1.22. The third-order valence-corrected chi connectivity index (χ3v) is 2.83. The Hall–Kier alpha value is -0.0800. The standard InChI is InChI=1S/C10H22N2/c1-8(3-4-11)6-12-7-10-5-9(10)2/h8-10,12H,3-7,11H2,1-2H3. The van der Waals surface area contributed by atoms with Gasteiger partial charge in [-0.2, -0.15) is 0 Å². The van der Waals surface area contributed by atoms with Gasteiger partial charge in [-0.1, -0.05) is 13.8 Å². The van der Waals surface area contributed by atoms with Gasteiger partial charge in [0.15, 0.2) is 0 Å². The zero-order valence-electron chi connectivity index (χ0n) is 8.34. The molecular weight excluding hydrogens is 148 g/mol. The van der Waals surface area contributed by atoms with Crippen LogP contribution in [-0.2, 0) is 0 Å². The van der Waals surface area contributed by atoms with Crippen LogP contribution in [0.25, 0.3) is 0 Å². The lowest BCUT2D eigenvalue weighted by atomic mass is 10.1. The summed E-state index contributed by atoms with van der Waals surface area (Å²) in [5, 5.41) is 3.51. The van der Waals surface area contributed by atoms with Crippen molar-refractivity contribution in [3.8, 4) is 0 Å². The van der Waals surface area contributed by atoms with Gasteiger partial charge in [-0.15, -0.1) is 0 Å². The van der Waals surface area contributed by atoms with Crippen molar-refractivity contribution in [2.75, 3.05) is 19.6 Å². The molecule has 0 aromatic heterocycles. The van der Waals surface area contributed by atoms with Crippen LogP contribution in [0.5, 0.6) is 0 Å². The van der Waals surface area contributed by atoms with E-state index in [1.54, 1.807) is 0 Å². The molecule has 0 radical (unpaired) electrons. The molecule has 1 fully saturated rings. The smallest absolute Gasteiger partial charge is 0.00178 e. The third-order valence-electron chi connectivity index (χ3n) is 2.83. The van der Waals surface area contributed by atoms with Crippen molar-refractivity contribution in [1.82, 2.24) is 5.32 Å². The summed E-state index contributed by atoms with van der Waals surface area (Å²) >= 11 is 0. The molecule has 1 saturated carbocycles. The fourth-order valence-electron chi connectivity index (χ4n) is 1.59. The molecule has 3 atom stereocenters. The Balaban J connectivity index is 1.88. The first-order valence-corrected chi connectivity index (χ1v) is 5.14. The second-order valence-electron chi connectivity index (χ2n) is 4.31. The van der Waals surface area contributed by atoms with Gasteiger partial charge in [0, 0.05) is 0 Å². The van der Waals surface area contributed by atoms with Crippen LogP contribution in [-0.4, -0.2) is 19.6 Å².